The summed E-state index contributed by atoms with van der Waals surface area (Å²) >= 11 is 0. The van der Waals surface area contributed by atoms with E-state index in [0.29, 0.717) is 5.69 Å². The van der Waals surface area contributed by atoms with Gasteiger partial charge in [-0.3, -0.25) is 4.79 Å². The van der Waals surface area contributed by atoms with Crippen LogP contribution in [0.2, 0.25) is 0 Å². The van der Waals surface area contributed by atoms with Crippen LogP contribution >= 0.6 is 0 Å². The minimum absolute atomic E-state index is 0.256. The van der Waals surface area contributed by atoms with Gasteiger partial charge in [0.15, 0.2) is 11.5 Å². The molecule has 0 aliphatic carbocycles. The molecule has 7 heteroatoms. The van der Waals surface area contributed by atoms with E-state index < -0.39 is 0 Å². The van der Waals surface area contributed by atoms with E-state index >= 15 is 0 Å². The molecular weight excluding hydrogens is 352 g/mol. The summed E-state index contributed by atoms with van der Waals surface area (Å²) in [5, 5.41) is 11.3. The summed E-state index contributed by atoms with van der Waals surface area (Å²) in [4.78, 5) is 21.3. The number of carbonyl (C=O) groups is 1. The minimum Gasteiger partial charge on any atom is -0.353 e. The standard InChI is InChI=1S/C21H22N6O/c1-16-6-2-3-7-17(16)23-21(28)18-9-10-20(25-24-18)27-14-12-26(13-15-27)19-8-4-5-11-22-19/h2-11H,12-15H2,1H3,(H,23,28). The van der Waals surface area contributed by atoms with Crippen LogP contribution < -0.4 is 15.1 Å². The van der Waals surface area contributed by atoms with Gasteiger partial charge in [-0.1, -0.05) is 24.3 Å². The number of carbonyl (C=O) groups excluding carboxylic acids is 1. The van der Waals surface area contributed by atoms with Crippen molar-refractivity contribution in [3.8, 4) is 0 Å². The van der Waals surface area contributed by atoms with Gasteiger partial charge in [0.2, 0.25) is 0 Å². The molecule has 0 saturated carbocycles. The highest BCUT2D eigenvalue weighted by Gasteiger charge is 2.19. The van der Waals surface area contributed by atoms with Gasteiger partial charge < -0.3 is 15.1 Å². The molecular formula is C21H22N6O. The quantitative estimate of drug-likeness (QED) is 0.757. The highest BCUT2D eigenvalue weighted by molar-refractivity contribution is 6.03. The summed E-state index contributed by atoms with van der Waals surface area (Å²) in [6.45, 7) is 5.36. The molecule has 2 aromatic heterocycles. The van der Waals surface area contributed by atoms with Crippen LogP contribution in [0.4, 0.5) is 17.3 Å². The van der Waals surface area contributed by atoms with Gasteiger partial charge in [0, 0.05) is 38.1 Å². The summed E-state index contributed by atoms with van der Waals surface area (Å²) in [6.07, 6.45) is 1.81. The van der Waals surface area contributed by atoms with Crippen LogP contribution in [-0.4, -0.2) is 47.3 Å². The largest absolute Gasteiger partial charge is 0.353 e. The van der Waals surface area contributed by atoms with Crippen LogP contribution in [0.5, 0.6) is 0 Å². The predicted molar refractivity (Wildman–Crippen MR) is 110 cm³/mol. The molecule has 0 unspecified atom stereocenters. The molecule has 3 aromatic rings. The lowest BCUT2D eigenvalue weighted by Gasteiger charge is -2.35. The zero-order valence-electron chi connectivity index (χ0n) is 15.7. The Morgan fingerprint density at radius 2 is 1.57 bits per heavy atom. The first kappa shape index (κ1) is 17.9. The zero-order chi connectivity index (χ0) is 19.3. The number of benzene rings is 1. The van der Waals surface area contributed by atoms with Crippen molar-refractivity contribution in [3.63, 3.8) is 0 Å². The van der Waals surface area contributed by atoms with Gasteiger partial charge in [-0.2, -0.15) is 0 Å². The van der Waals surface area contributed by atoms with E-state index in [-0.39, 0.29) is 5.91 Å². The molecule has 3 heterocycles. The fourth-order valence-corrected chi connectivity index (χ4v) is 3.22. The normalized spacial score (nSPS) is 14.0. The average Bonchev–Trinajstić information content (AvgIpc) is 2.76. The van der Waals surface area contributed by atoms with Crippen molar-refractivity contribution < 1.29 is 4.79 Å². The van der Waals surface area contributed by atoms with Gasteiger partial charge in [-0.15, -0.1) is 10.2 Å². The third-order valence-electron chi connectivity index (χ3n) is 4.85. The summed E-state index contributed by atoms with van der Waals surface area (Å²) in [5.74, 6) is 1.53. The number of pyridine rings is 1. The van der Waals surface area contributed by atoms with Crippen LogP contribution in [0.1, 0.15) is 16.1 Å². The number of piperazine rings is 1. The molecule has 28 heavy (non-hydrogen) atoms. The molecule has 1 fully saturated rings. The molecule has 1 aliphatic rings. The Labute approximate surface area is 164 Å². The van der Waals surface area contributed by atoms with E-state index in [1.54, 1.807) is 6.07 Å². The number of para-hydroxylation sites is 1. The molecule has 1 aromatic carbocycles. The monoisotopic (exact) mass is 374 g/mol. The van der Waals surface area contributed by atoms with Gasteiger partial charge in [0.05, 0.1) is 0 Å². The molecule has 0 bridgehead atoms. The molecule has 7 nitrogen and oxygen atoms in total. The fraction of sp³-hybridized carbons (Fsp3) is 0.238. The molecule has 142 valence electrons. The van der Waals surface area contributed by atoms with Crippen LogP contribution in [-0.2, 0) is 0 Å². The van der Waals surface area contributed by atoms with Crippen molar-refractivity contribution in [2.75, 3.05) is 41.3 Å². The van der Waals surface area contributed by atoms with Crippen LogP contribution in [0.15, 0.2) is 60.8 Å². The van der Waals surface area contributed by atoms with E-state index in [4.69, 9.17) is 0 Å². The van der Waals surface area contributed by atoms with Crippen molar-refractivity contribution >= 4 is 23.2 Å². The average molecular weight is 374 g/mol. The Morgan fingerprint density at radius 3 is 2.21 bits per heavy atom. The Balaban J connectivity index is 1.37. The van der Waals surface area contributed by atoms with Crippen molar-refractivity contribution in [1.29, 1.82) is 0 Å². The number of hydrogen-bond acceptors (Lipinski definition) is 6. The van der Waals surface area contributed by atoms with E-state index in [0.717, 1.165) is 49.1 Å². The lowest BCUT2D eigenvalue weighted by Crippen LogP contribution is -2.47. The van der Waals surface area contributed by atoms with Crippen LogP contribution in [0.3, 0.4) is 0 Å². The zero-order valence-corrected chi connectivity index (χ0v) is 15.7. The van der Waals surface area contributed by atoms with Crippen molar-refractivity contribution in [2.45, 2.75) is 6.92 Å². The third kappa shape index (κ3) is 3.93. The van der Waals surface area contributed by atoms with Crippen molar-refractivity contribution in [2.24, 2.45) is 0 Å². The van der Waals surface area contributed by atoms with Gasteiger partial charge in [0.25, 0.3) is 5.91 Å². The first-order chi connectivity index (χ1) is 13.7. The number of aryl methyl sites for hydroxylation is 1. The summed E-state index contributed by atoms with van der Waals surface area (Å²) < 4.78 is 0. The summed E-state index contributed by atoms with van der Waals surface area (Å²) in [7, 11) is 0. The number of nitrogens with one attached hydrogen (secondary N) is 1. The Kier molecular flexibility index (Phi) is 5.14. The Bertz CT molecular complexity index is 937. The molecule has 0 spiro atoms. The molecule has 1 amide bonds. The van der Waals surface area contributed by atoms with Gasteiger partial charge in [0.1, 0.15) is 5.82 Å². The smallest absolute Gasteiger partial charge is 0.276 e. The maximum absolute atomic E-state index is 12.4. The molecule has 4 rings (SSSR count). The molecule has 1 saturated heterocycles. The van der Waals surface area contributed by atoms with Crippen molar-refractivity contribution in [3.05, 3.63) is 72.1 Å². The van der Waals surface area contributed by atoms with E-state index in [1.165, 1.54) is 0 Å². The molecule has 1 N–H and O–H groups in total. The lowest BCUT2D eigenvalue weighted by atomic mass is 10.2. The highest BCUT2D eigenvalue weighted by atomic mass is 16.1. The van der Waals surface area contributed by atoms with Crippen molar-refractivity contribution in [1.82, 2.24) is 15.2 Å². The van der Waals surface area contributed by atoms with Gasteiger partial charge in [-0.05, 0) is 42.8 Å². The Hall–Kier alpha value is -3.48. The summed E-state index contributed by atoms with van der Waals surface area (Å²) in [5.41, 5.74) is 2.09. The maximum Gasteiger partial charge on any atom is 0.276 e. The first-order valence-corrected chi connectivity index (χ1v) is 9.32. The minimum atomic E-state index is -0.256. The Morgan fingerprint density at radius 1 is 0.857 bits per heavy atom. The number of rotatable bonds is 4. The SMILES string of the molecule is Cc1ccccc1NC(=O)c1ccc(N2CCN(c3ccccn3)CC2)nn1. The molecule has 0 atom stereocenters. The number of amides is 1. The fourth-order valence-electron chi connectivity index (χ4n) is 3.22. The first-order valence-electron chi connectivity index (χ1n) is 9.32. The molecule has 0 radical (unpaired) electrons. The number of hydrogen-bond donors (Lipinski definition) is 1. The second-order valence-electron chi connectivity index (χ2n) is 6.71. The van der Waals surface area contributed by atoms with E-state index in [2.05, 4.69) is 30.3 Å². The van der Waals surface area contributed by atoms with Crippen LogP contribution in [0.25, 0.3) is 0 Å². The topological polar surface area (TPSA) is 74.2 Å². The van der Waals surface area contributed by atoms with Crippen LogP contribution in [0, 0.1) is 6.92 Å². The number of aromatic nitrogens is 3. The second kappa shape index (κ2) is 8.04. The third-order valence-corrected chi connectivity index (χ3v) is 4.85. The number of nitrogens with zero attached hydrogens (tertiary/aromatic N) is 5. The van der Waals surface area contributed by atoms with E-state index in [1.807, 2.05) is 61.7 Å². The van der Waals surface area contributed by atoms with Gasteiger partial charge in [-0.25, -0.2) is 4.98 Å². The number of anilines is 3. The predicted octanol–water partition coefficient (Wildman–Crippen LogP) is 2.76. The maximum atomic E-state index is 12.4. The summed E-state index contributed by atoms with van der Waals surface area (Å²) in [6, 6.07) is 17.2. The highest BCUT2D eigenvalue weighted by Crippen LogP contribution is 2.18. The van der Waals surface area contributed by atoms with Gasteiger partial charge >= 0.3 is 0 Å². The van der Waals surface area contributed by atoms with E-state index in [9.17, 15) is 4.79 Å². The molecule has 1 aliphatic heterocycles. The lowest BCUT2D eigenvalue weighted by molar-refractivity contribution is 0.102. The second-order valence-corrected chi connectivity index (χ2v) is 6.71.